The molecule has 2 heterocycles. The van der Waals surface area contributed by atoms with Crippen molar-refractivity contribution in [2.75, 3.05) is 7.05 Å². The fourth-order valence-electron chi connectivity index (χ4n) is 2.63. The average molecular weight is 284 g/mol. The van der Waals surface area contributed by atoms with E-state index in [1.54, 1.807) is 6.07 Å². The Kier molecular flexibility index (Phi) is 3.47. The van der Waals surface area contributed by atoms with Crippen LogP contribution in [-0.4, -0.2) is 12.0 Å². The van der Waals surface area contributed by atoms with Crippen molar-refractivity contribution in [1.29, 1.82) is 0 Å². The van der Waals surface area contributed by atoms with Crippen molar-refractivity contribution in [3.63, 3.8) is 0 Å². The summed E-state index contributed by atoms with van der Waals surface area (Å²) >= 11 is 0. The van der Waals surface area contributed by atoms with E-state index in [2.05, 4.69) is 10.3 Å². The van der Waals surface area contributed by atoms with Gasteiger partial charge in [-0.3, -0.25) is 4.98 Å². The minimum atomic E-state index is -0.260. The number of hydrogen-bond donors (Lipinski definition) is 1. The predicted molar refractivity (Wildman–Crippen MR) is 80.8 cm³/mol. The molecule has 1 unspecified atom stereocenters. The lowest BCUT2D eigenvalue weighted by molar-refractivity contribution is 0.489. The van der Waals surface area contributed by atoms with Gasteiger partial charge in [0.15, 0.2) is 0 Å². The van der Waals surface area contributed by atoms with Gasteiger partial charge in [0.2, 0.25) is 0 Å². The zero-order valence-electron chi connectivity index (χ0n) is 12.3. The summed E-state index contributed by atoms with van der Waals surface area (Å²) in [6, 6.07) is 10.3. The maximum absolute atomic E-state index is 13.3. The van der Waals surface area contributed by atoms with Crippen LogP contribution in [0.1, 0.15) is 28.8 Å². The number of furan rings is 1. The third kappa shape index (κ3) is 2.54. The second-order valence-corrected chi connectivity index (χ2v) is 5.18. The van der Waals surface area contributed by atoms with Crippen molar-refractivity contribution >= 4 is 11.0 Å². The summed E-state index contributed by atoms with van der Waals surface area (Å²) in [7, 11) is 1.87. The molecule has 0 aliphatic carbocycles. The average Bonchev–Trinajstić information content (AvgIpc) is 2.84. The summed E-state index contributed by atoms with van der Waals surface area (Å²) in [6.07, 6.45) is 0. The van der Waals surface area contributed by atoms with Crippen LogP contribution in [-0.2, 0) is 0 Å². The number of halogens is 1. The molecule has 0 bridgehead atoms. The molecule has 0 saturated carbocycles. The van der Waals surface area contributed by atoms with Gasteiger partial charge in [-0.1, -0.05) is 6.07 Å². The third-order valence-corrected chi connectivity index (χ3v) is 3.65. The fraction of sp³-hybridized carbons (Fsp3) is 0.235. The Balaban J connectivity index is 2.09. The molecule has 0 aliphatic rings. The summed E-state index contributed by atoms with van der Waals surface area (Å²) in [5, 5.41) is 4.01. The molecule has 3 aromatic rings. The lowest BCUT2D eigenvalue weighted by Crippen LogP contribution is -2.18. The van der Waals surface area contributed by atoms with Gasteiger partial charge in [0.1, 0.15) is 17.2 Å². The Bertz CT molecular complexity index is 795. The molecule has 0 fully saturated rings. The van der Waals surface area contributed by atoms with Gasteiger partial charge < -0.3 is 9.73 Å². The van der Waals surface area contributed by atoms with E-state index in [9.17, 15) is 4.39 Å². The smallest absolute Gasteiger partial charge is 0.134 e. The van der Waals surface area contributed by atoms with E-state index in [0.29, 0.717) is 5.58 Å². The van der Waals surface area contributed by atoms with Crippen LogP contribution in [0.5, 0.6) is 0 Å². The summed E-state index contributed by atoms with van der Waals surface area (Å²) in [5.74, 6) is 0.496. The van der Waals surface area contributed by atoms with Gasteiger partial charge in [-0.2, -0.15) is 0 Å². The van der Waals surface area contributed by atoms with Crippen LogP contribution in [0, 0.1) is 19.7 Å². The first-order valence-electron chi connectivity index (χ1n) is 6.89. The van der Waals surface area contributed by atoms with Gasteiger partial charge in [0.25, 0.3) is 0 Å². The standard InChI is InChI=1S/C17H17FN2O/c1-10-4-6-14(11(2)20-10)17(19-3)16-9-12-8-13(18)5-7-15(12)21-16/h4-9,17,19H,1-3H3. The Hall–Kier alpha value is -2.20. The van der Waals surface area contributed by atoms with Crippen LogP contribution in [0.25, 0.3) is 11.0 Å². The first-order chi connectivity index (χ1) is 10.1. The molecule has 0 amide bonds. The van der Waals surface area contributed by atoms with E-state index in [4.69, 9.17) is 4.42 Å². The topological polar surface area (TPSA) is 38.1 Å². The van der Waals surface area contributed by atoms with E-state index in [1.165, 1.54) is 12.1 Å². The number of aromatic nitrogens is 1. The first-order valence-corrected chi connectivity index (χ1v) is 6.89. The van der Waals surface area contributed by atoms with Crippen molar-refractivity contribution in [3.8, 4) is 0 Å². The molecule has 3 rings (SSSR count). The second-order valence-electron chi connectivity index (χ2n) is 5.18. The molecule has 21 heavy (non-hydrogen) atoms. The highest BCUT2D eigenvalue weighted by atomic mass is 19.1. The third-order valence-electron chi connectivity index (χ3n) is 3.65. The number of nitrogens with zero attached hydrogens (tertiary/aromatic N) is 1. The molecule has 0 aliphatic heterocycles. The van der Waals surface area contributed by atoms with Gasteiger partial charge in [0, 0.05) is 16.8 Å². The summed E-state index contributed by atoms with van der Waals surface area (Å²) in [5.41, 5.74) is 3.69. The largest absolute Gasteiger partial charge is 0.459 e. The van der Waals surface area contributed by atoms with Gasteiger partial charge in [-0.25, -0.2) is 4.39 Å². The maximum atomic E-state index is 13.3. The van der Waals surface area contributed by atoms with Crippen molar-refractivity contribution in [2.45, 2.75) is 19.9 Å². The number of hydrogen-bond acceptors (Lipinski definition) is 3. The van der Waals surface area contributed by atoms with Crippen LogP contribution < -0.4 is 5.32 Å². The summed E-state index contributed by atoms with van der Waals surface area (Å²) < 4.78 is 19.2. The number of pyridine rings is 1. The van der Waals surface area contributed by atoms with E-state index < -0.39 is 0 Å². The monoisotopic (exact) mass is 284 g/mol. The van der Waals surface area contributed by atoms with Gasteiger partial charge in [-0.05, 0) is 56.8 Å². The molecule has 0 spiro atoms. The van der Waals surface area contributed by atoms with E-state index in [-0.39, 0.29) is 11.9 Å². The molecule has 1 atom stereocenters. The molecule has 0 saturated heterocycles. The molecule has 0 radical (unpaired) electrons. The van der Waals surface area contributed by atoms with Crippen molar-refractivity contribution in [2.24, 2.45) is 0 Å². The molecule has 4 heteroatoms. The number of fused-ring (bicyclic) bond motifs is 1. The first kappa shape index (κ1) is 13.8. The fourth-order valence-corrected chi connectivity index (χ4v) is 2.63. The second kappa shape index (κ2) is 5.30. The van der Waals surface area contributed by atoms with Gasteiger partial charge in [0.05, 0.1) is 6.04 Å². The highest BCUT2D eigenvalue weighted by Crippen LogP contribution is 2.29. The zero-order valence-corrected chi connectivity index (χ0v) is 12.3. The van der Waals surface area contributed by atoms with Crippen LogP contribution in [0.2, 0.25) is 0 Å². The predicted octanol–water partition coefficient (Wildman–Crippen LogP) is 3.89. The molecule has 1 aromatic carbocycles. The summed E-state index contributed by atoms with van der Waals surface area (Å²) in [6.45, 7) is 3.95. The Morgan fingerprint density at radius 2 is 1.95 bits per heavy atom. The number of rotatable bonds is 3. The van der Waals surface area contributed by atoms with Gasteiger partial charge in [-0.15, -0.1) is 0 Å². The normalized spacial score (nSPS) is 12.8. The highest BCUT2D eigenvalue weighted by molar-refractivity contribution is 5.78. The zero-order chi connectivity index (χ0) is 15.0. The van der Waals surface area contributed by atoms with Crippen molar-refractivity contribution < 1.29 is 8.81 Å². The molecule has 3 nitrogen and oxygen atoms in total. The van der Waals surface area contributed by atoms with Crippen LogP contribution in [0.3, 0.4) is 0 Å². The number of benzene rings is 1. The highest BCUT2D eigenvalue weighted by Gasteiger charge is 2.19. The van der Waals surface area contributed by atoms with E-state index >= 15 is 0 Å². The van der Waals surface area contributed by atoms with Crippen molar-refractivity contribution in [3.05, 3.63) is 64.9 Å². The number of aryl methyl sites for hydroxylation is 2. The molecular formula is C17H17FN2O. The molecular weight excluding hydrogens is 267 g/mol. The van der Waals surface area contributed by atoms with E-state index in [0.717, 1.165) is 28.1 Å². The molecule has 2 aromatic heterocycles. The minimum absolute atomic E-state index is 0.103. The SMILES string of the molecule is CNC(c1cc2cc(F)ccc2o1)c1ccc(C)nc1C. The molecule has 1 N–H and O–H groups in total. The summed E-state index contributed by atoms with van der Waals surface area (Å²) in [4.78, 5) is 4.49. The Morgan fingerprint density at radius 3 is 2.67 bits per heavy atom. The molecule has 108 valence electrons. The lowest BCUT2D eigenvalue weighted by Gasteiger charge is -2.16. The quantitative estimate of drug-likeness (QED) is 0.793. The van der Waals surface area contributed by atoms with Crippen LogP contribution in [0.4, 0.5) is 4.39 Å². The van der Waals surface area contributed by atoms with Gasteiger partial charge >= 0.3 is 0 Å². The van der Waals surface area contributed by atoms with Crippen molar-refractivity contribution in [1.82, 2.24) is 10.3 Å². The van der Waals surface area contributed by atoms with E-state index in [1.807, 2.05) is 39.1 Å². The Morgan fingerprint density at radius 1 is 1.14 bits per heavy atom. The number of nitrogens with one attached hydrogen (secondary N) is 1. The Labute approximate surface area is 122 Å². The lowest BCUT2D eigenvalue weighted by atomic mass is 10.0. The van der Waals surface area contributed by atoms with Crippen LogP contribution >= 0.6 is 0 Å². The van der Waals surface area contributed by atoms with Crippen LogP contribution in [0.15, 0.2) is 40.8 Å². The maximum Gasteiger partial charge on any atom is 0.134 e. The minimum Gasteiger partial charge on any atom is -0.459 e.